The van der Waals surface area contributed by atoms with E-state index in [0.29, 0.717) is 43.8 Å². The zero-order valence-corrected chi connectivity index (χ0v) is 42.6. The average molecular weight is 1090 g/mol. The smallest absolute Gasteiger partial charge is 0.335 e. The van der Waals surface area contributed by atoms with Gasteiger partial charge in [0.25, 0.3) is 0 Å². The molecular weight excluding hydrogens is 1060 g/mol. The minimum absolute atomic E-state index is 0.0296. The number of benzene rings is 8. The summed E-state index contributed by atoms with van der Waals surface area (Å²) in [6, 6.07) is 26.7. The fraction of sp³-hybridized carbons (Fsp3) is 0.0625. The number of aromatic carboxylic acids is 8. The molecule has 0 atom stereocenters. The summed E-state index contributed by atoms with van der Waals surface area (Å²) in [5.41, 5.74) is -0.504. The van der Waals surface area contributed by atoms with E-state index in [-0.39, 0.29) is 103 Å². The number of ether oxygens (including phenoxy) is 2. The Morgan fingerprint density at radius 1 is 0.293 bits per heavy atom. The molecule has 8 rings (SSSR count). The molecule has 8 aromatic carbocycles. The maximum atomic E-state index is 12.1. The molecule has 0 aliphatic carbocycles. The molecule has 0 fully saturated rings. The van der Waals surface area contributed by atoms with E-state index in [1.807, 2.05) is 0 Å². The minimum atomic E-state index is -1.40. The standard InChI is InChI=1S/C64H38O18/c1-3-81-53-31-39(13-9-37-21-45(61(73)74)29-46(22-37)62(75)76)51-25-33(5-7-35-17-41(57(65)66)27-42(18-35)58(67)68)11-15-49(51)55(53)56-50-16-12-34(6-8-36-19-43(59(69)70)28-44(20-36)60(71)72)26-52(50)40(32-54(56)82-4-2)14-10-38-23-47(63(77)78)30-48(24-38)64(79)80/h11-12,15-32H,3-4H2,1-2H3,(H,65,66)(H,67,68)(H,69,70)(H,71,72)(H,73,74)(H,75,76)(H,77,78)(H,79,80). The van der Waals surface area contributed by atoms with Gasteiger partial charge >= 0.3 is 47.8 Å². The Morgan fingerprint density at radius 3 is 0.756 bits per heavy atom. The van der Waals surface area contributed by atoms with Crippen LogP contribution in [0.3, 0.4) is 0 Å². The number of rotatable bonds is 13. The summed E-state index contributed by atoms with van der Waals surface area (Å²) in [7, 11) is 0. The Hall–Kier alpha value is -12.1. The lowest BCUT2D eigenvalue weighted by molar-refractivity contribution is 0.0676. The van der Waals surface area contributed by atoms with Crippen LogP contribution in [0.4, 0.5) is 0 Å². The average Bonchev–Trinajstić information content (AvgIpc) is 2.88. The van der Waals surface area contributed by atoms with Crippen molar-refractivity contribution in [3.8, 4) is 70.0 Å². The Balaban J connectivity index is 1.45. The molecule has 0 bridgehead atoms. The third kappa shape index (κ3) is 12.5. The van der Waals surface area contributed by atoms with Crippen LogP contribution in [0.2, 0.25) is 0 Å². The highest BCUT2D eigenvalue weighted by Gasteiger charge is 2.24. The van der Waals surface area contributed by atoms with Crippen molar-refractivity contribution in [3.05, 3.63) is 210 Å². The molecule has 0 saturated heterocycles. The Morgan fingerprint density at radius 2 is 0.524 bits per heavy atom. The molecule has 82 heavy (non-hydrogen) atoms. The van der Waals surface area contributed by atoms with Crippen LogP contribution in [0.5, 0.6) is 11.5 Å². The van der Waals surface area contributed by atoms with E-state index in [1.54, 1.807) is 62.4 Å². The van der Waals surface area contributed by atoms with Crippen LogP contribution in [-0.4, -0.2) is 102 Å². The Bertz CT molecular complexity index is 4010. The largest absolute Gasteiger partial charge is 0.493 e. The second-order valence-corrected chi connectivity index (χ2v) is 17.6. The molecule has 0 spiro atoms. The molecule has 0 aliphatic rings. The molecule has 0 radical (unpaired) electrons. The molecule has 0 aliphatic heterocycles. The predicted molar refractivity (Wildman–Crippen MR) is 295 cm³/mol. The number of carboxylic acid groups (broad SMARTS) is 8. The van der Waals surface area contributed by atoms with Crippen molar-refractivity contribution in [1.82, 2.24) is 0 Å². The van der Waals surface area contributed by atoms with Crippen LogP contribution in [0, 0.1) is 47.4 Å². The Labute approximate surface area is 463 Å². The lowest BCUT2D eigenvalue weighted by Crippen LogP contribution is -2.03. The zero-order valence-electron chi connectivity index (χ0n) is 42.6. The molecule has 18 heteroatoms. The van der Waals surface area contributed by atoms with Crippen LogP contribution < -0.4 is 9.47 Å². The van der Waals surface area contributed by atoms with Crippen LogP contribution >= 0.6 is 0 Å². The van der Waals surface area contributed by atoms with Crippen molar-refractivity contribution in [2.24, 2.45) is 0 Å². The SMILES string of the molecule is CCOc1cc(C#Cc2cc(C(=O)O)cc(C(=O)O)c2)c2cc(C#Cc3cc(C(=O)O)cc(C(=O)O)c3)ccc2c1-c1c(OCC)cc(C#Cc2cc(C(=O)O)cc(C(=O)O)c2)c2cc(C#Cc3cc(C(=O)O)cc(C(=O)O)c3)ccc12. The van der Waals surface area contributed by atoms with Gasteiger partial charge in [-0.3, -0.25) is 0 Å². The van der Waals surface area contributed by atoms with Crippen LogP contribution in [0.1, 0.15) is 141 Å². The van der Waals surface area contributed by atoms with Gasteiger partial charge in [0, 0.05) is 55.6 Å². The van der Waals surface area contributed by atoms with Crippen LogP contribution in [-0.2, 0) is 0 Å². The monoisotopic (exact) mass is 1090 g/mol. The van der Waals surface area contributed by atoms with Gasteiger partial charge in [-0.25, -0.2) is 38.4 Å². The molecule has 18 nitrogen and oxygen atoms in total. The van der Waals surface area contributed by atoms with Gasteiger partial charge in [-0.1, -0.05) is 59.5 Å². The number of carboxylic acids is 8. The van der Waals surface area contributed by atoms with Crippen molar-refractivity contribution < 1.29 is 88.7 Å². The topological polar surface area (TPSA) is 317 Å². The lowest BCUT2D eigenvalue weighted by Gasteiger charge is -2.21. The highest BCUT2D eigenvalue weighted by molar-refractivity contribution is 6.13. The van der Waals surface area contributed by atoms with Crippen LogP contribution in [0.15, 0.2) is 121 Å². The Kier molecular flexibility index (Phi) is 16.2. The first-order chi connectivity index (χ1) is 39.1. The van der Waals surface area contributed by atoms with E-state index in [0.717, 1.165) is 24.3 Å². The molecule has 0 heterocycles. The van der Waals surface area contributed by atoms with E-state index >= 15 is 0 Å². The van der Waals surface area contributed by atoms with Crippen molar-refractivity contribution in [3.63, 3.8) is 0 Å². The molecule has 8 N–H and O–H groups in total. The lowest BCUT2D eigenvalue weighted by atomic mass is 9.87. The molecule has 0 unspecified atom stereocenters. The summed E-state index contributed by atoms with van der Waals surface area (Å²) >= 11 is 0. The first-order valence-corrected chi connectivity index (χ1v) is 24.1. The minimum Gasteiger partial charge on any atom is -0.493 e. The first kappa shape index (κ1) is 56.1. The van der Waals surface area contributed by atoms with E-state index in [1.165, 1.54) is 48.5 Å². The van der Waals surface area contributed by atoms with E-state index in [2.05, 4.69) is 47.4 Å². The third-order valence-electron chi connectivity index (χ3n) is 12.1. The maximum Gasteiger partial charge on any atom is 0.335 e. The van der Waals surface area contributed by atoms with Crippen molar-refractivity contribution in [1.29, 1.82) is 0 Å². The van der Waals surface area contributed by atoms with Crippen molar-refractivity contribution in [2.75, 3.05) is 13.2 Å². The number of hydrogen-bond donors (Lipinski definition) is 8. The van der Waals surface area contributed by atoms with Crippen molar-refractivity contribution in [2.45, 2.75) is 13.8 Å². The maximum absolute atomic E-state index is 12.1. The number of hydrogen-bond acceptors (Lipinski definition) is 10. The van der Waals surface area contributed by atoms with Gasteiger partial charge in [-0.05, 0) is 145 Å². The quantitative estimate of drug-likeness (QED) is 0.0498. The summed E-state index contributed by atoms with van der Waals surface area (Å²) in [6.45, 7) is 3.61. The molecule has 8 aromatic rings. The zero-order chi connectivity index (χ0) is 59.1. The molecule has 0 amide bonds. The molecular formula is C64H38O18. The fourth-order valence-electron chi connectivity index (χ4n) is 8.57. The summed E-state index contributed by atoms with van der Waals surface area (Å²) in [5, 5.41) is 79.9. The van der Waals surface area contributed by atoms with Gasteiger partial charge in [0.2, 0.25) is 0 Å². The summed E-state index contributed by atoms with van der Waals surface area (Å²) < 4.78 is 12.8. The van der Waals surface area contributed by atoms with E-state index < -0.39 is 47.8 Å². The molecule has 402 valence electrons. The summed E-state index contributed by atoms with van der Waals surface area (Å²) in [4.78, 5) is 96.1. The van der Waals surface area contributed by atoms with E-state index in [4.69, 9.17) is 9.47 Å². The van der Waals surface area contributed by atoms with Gasteiger partial charge in [0.1, 0.15) is 11.5 Å². The van der Waals surface area contributed by atoms with Gasteiger partial charge in [0.05, 0.1) is 57.7 Å². The van der Waals surface area contributed by atoms with Gasteiger partial charge in [-0.2, -0.15) is 0 Å². The van der Waals surface area contributed by atoms with Crippen molar-refractivity contribution >= 4 is 69.3 Å². The molecule has 0 saturated carbocycles. The number of carbonyl (C=O) groups is 8. The fourth-order valence-corrected chi connectivity index (χ4v) is 8.57. The van der Waals surface area contributed by atoms with E-state index in [9.17, 15) is 79.2 Å². The highest BCUT2D eigenvalue weighted by Crippen LogP contribution is 2.48. The molecule has 0 aromatic heterocycles. The highest BCUT2D eigenvalue weighted by atomic mass is 16.5. The van der Waals surface area contributed by atoms with Gasteiger partial charge in [0.15, 0.2) is 0 Å². The van der Waals surface area contributed by atoms with Crippen LogP contribution in [0.25, 0.3) is 32.7 Å². The summed E-state index contributed by atoms with van der Waals surface area (Å²) in [6.07, 6.45) is 0. The second kappa shape index (κ2) is 23.6. The predicted octanol–water partition coefficient (Wildman–Crippen LogP) is 9.64. The summed E-state index contributed by atoms with van der Waals surface area (Å²) in [5.74, 6) is 12.8. The first-order valence-electron chi connectivity index (χ1n) is 24.1. The van der Waals surface area contributed by atoms with Gasteiger partial charge < -0.3 is 50.3 Å². The number of fused-ring (bicyclic) bond motifs is 2. The second-order valence-electron chi connectivity index (χ2n) is 17.6. The van der Waals surface area contributed by atoms with Gasteiger partial charge in [-0.15, -0.1) is 0 Å². The third-order valence-corrected chi connectivity index (χ3v) is 12.1. The normalized spacial score (nSPS) is 10.3.